The monoisotopic (exact) mass is 216 g/mol. The largest absolute Gasteiger partial charge is 0.494 e. The van der Waals surface area contributed by atoms with Crippen molar-refractivity contribution in [2.24, 2.45) is 0 Å². The summed E-state index contributed by atoms with van der Waals surface area (Å²) in [6.07, 6.45) is 0.741. The molecule has 0 saturated heterocycles. The van der Waals surface area contributed by atoms with Crippen LogP contribution in [-0.4, -0.2) is 23.1 Å². The minimum Gasteiger partial charge on any atom is -0.494 e. The summed E-state index contributed by atoms with van der Waals surface area (Å²) in [7, 11) is 0. The number of aromatic amines is 1. The molecule has 1 heterocycles. The van der Waals surface area contributed by atoms with Crippen LogP contribution in [0, 0.1) is 0 Å². The van der Waals surface area contributed by atoms with Gasteiger partial charge in [-0.3, -0.25) is 9.89 Å². The predicted octanol–water partition coefficient (Wildman–Crippen LogP) is 2.29. The first-order valence-electron chi connectivity index (χ1n) is 5.07. The van der Waals surface area contributed by atoms with Gasteiger partial charge >= 0.3 is 0 Å². The van der Waals surface area contributed by atoms with Gasteiger partial charge in [-0.2, -0.15) is 5.10 Å². The molecule has 1 aromatic heterocycles. The second kappa shape index (κ2) is 4.61. The van der Waals surface area contributed by atoms with Crippen molar-refractivity contribution in [1.29, 1.82) is 0 Å². The number of carbonyl (C=O) groups is 1. The van der Waals surface area contributed by atoms with Crippen molar-refractivity contribution in [1.82, 2.24) is 10.2 Å². The highest BCUT2D eigenvalue weighted by molar-refractivity contribution is 5.75. The molecular formula is C12H12N2O2. The van der Waals surface area contributed by atoms with E-state index in [4.69, 9.17) is 4.74 Å². The number of H-pyrrole nitrogens is 1. The van der Waals surface area contributed by atoms with Crippen LogP contribution >= 0.6 is 0 Å². The lowest BCUT2D eigenvalue weighted by molar-refractivity contribution is 0.111. The van der Waals surface area contributed by atoms with E-state index >= 15 is 0 Å². The third-order valence-electron chi connectivity index (χ3n) is 2.19. The maximum absolute atomic E-state index is 10.5. The molecule has 82 valence electrons. The van der Waals surface area contributed by atoms with Crippen molar-refractivity contribution >= 4 is 6.29 Å². The third kappa shape index (κ3) is 2.11. The molecule has 0 amide bonds. The molecule has 0 bridgehead atoms. The van der Waals surface area contributed by atoms with Crippen molar-refractivity contribution in [3.8, 4) is 17.0 Å². The number of hydrogen-bond donors (Lipinski definition) is 1. The lowest BCUT2D eigenvalue weighted by Gasteiger charge is -2.02. The molecule has 0 aliphatic carbocycles. The van der Waals surface area contributed by atoms with Crippen LogP contribution in [0.3, 0.4) is 0 Å². The molecule has 0 radical (unpaired) electrons. The number of nitrogens with zero attached hydrogens (tertiary/aromatic N) is 1. The summed E-state index contributed by atoms with van der Waals surface area (Å²) in [6, 6.07) is 9.30. The van der Waals surface area contributed by atoms with E-state index in [1.165, 1.54) is 0 Å². The smallest absolute Gasteiger partial charge is 0.167 e. The van der Waals surface area contributed by atoms with E-state index < -0.39 is 0 Å². The molecule has 4 heteroatoms. The van der Waals surface area contributed by atoms with Crippen LogP contribution in [0.5, 0.6) is 5.75 Å². The fourth-order valence-corrected chi connectivity index (χ4v) is 1.43. The van der Waals surface area contributed by atoms with Crippen LogP contribution in [0.4, 0.5) is 0 Å². The Morgan fingerprint density at radius 2 is 2.12 bits per heavy atom. The predicted molar refractivity (Wildman–Crippen MR) is 60.6 cm³/mol. The molecule has 0 spiro atoms. The molecule has 0 saturated carbocycles. The van der Waals surface area contributed by atoms with Crippen LogP contribution in [0.2, 0.25) is 0 Å². The van der Waals surface area contributed by atoms with Gasteiger partial charge in [0.05, 0.1) is 18.0 Å². The molecular weight excluding hydrogens is 204 g/mol. The fraction of sp³-hybridized carbons (Fsp3) is 0.167. The number of ether oxygens (including phenoxy) is 1. The van der Waals surface area contributed by atoms with Gasteiger partial charge in [-0.15, -0.1) is 0 Å². The summed E-state index contributed by atoms with van der Waals surface area (Å²) in [5.74, 6) is 0.831. The van der Waals surface area contributed by atoms with Crippen molar-refractivity contribution < 1.29 is 9.53 Å². The first-order valence-corrected chi connectivity index (χ1v) is 5.07. The molecule has 2 rings (SSSR count). The Hall–Kier alpha value is -2.10. The molecule has 0 fully saturated rings. The molecule has 1 N–H and O–H groups in total. The third-order valence-corrected chi connectivity index (χ3v) is 2.19. The first-order chi connectivity index (χ1) is 7.83. The van der Waals surface area contributed by atoms with E-state index in [0.29, 0.717) is 12.3 Å². The van der Waals surface area contributed by atoms with Gasteiger partial charge in [-0.25, -0.2) is 0 Å². The minimum atomic E-state index is 0.476. The fourth-order valence-electron chi connectivity index (χ4n) is 1.43. The molecule has 0 unspecified atom stereocenters. The van der Waals surface area contributed by atoms with E-state index in [1.54, 1.807) is 6.07 Å². The number of aromatic nitrogens is 2. The molecule has 4 nitrogen and oxygen atoms in total. The summed E-state index contributed by atoms with van der Waals surface area (Å²) >= 11 is 0. The van der Waals surface area contributed by atoms with E-state index in [1.807, 2.05) is 31.2 Å². The lowest BCUT2D eigenvalue weighted by atomic mass is 10.1. The zero-order valence-corrected chi connectivity index (χ0v) is 8.93. The number of aldehydes is 1. The zero-order valence-electron chi connectivity index (χ0n) is 8.93. The topological polar surface area (TPSA) is 55.0 Å². The summed E-state index contributed by atoms with van der Waals surface area (Å²) in [5.41, 5.74) is 2.18. The Kier molecular flexibility index (Phi) is 3.00. The van der Waals surface area contributed by atoms with E-state index in [9.17, 15) is 4.79 Å². The quantitative estimate of drug-likeness (QED) is 0.798. The molecule has 0 aliphatic rings. The van der Waals surface area contributed by atoms with Crippen molar-refractivity contribution in [3.63, 3.8) is 0 Å². The van der Waals surface area contributed by atoms with Crippen LogP contribution in [-0.2, 0) is 0 Å². The van der Waals surface area contributed by atoms with Crippen LogP contribution in [0.25, 0.3) is 11.3 Å². The second-order valence-electron chi connectivity index (χ2n) is 3.28. The first kappa shape index (κ1) is 10.4. The van der Waals surface area contributed by atoms with Gasteiger partial charge in [0.2, 0.25) is 0 Å². The summed E-state index contributed by atoms with van der Waals surface area (Å²) in [6.45, 7) is 2.59. The lowest BCUT2D eigenvalue weighted by Crippen LogP contribution is -1.90. The Balaban J connectivity index is 2.23. The summed E-state index contributed by atoms with van der Waals surface area (Å²) < 4.78 is 5.34. The van der Waals surface area contributed by atoms with Gasteiger partial charge in [0.15, 0.2) is 6.29 Å². The normalized spacial score (nSPS) is 10.1. The van der Waals surface area contributed by atoms with Gasteiger partial charge in [-0.05, 0) is 37.3 Å². The standard InChI is InChI=1S/C12H12N2O2/c1-2-16-11-5-3-9(4-6-11)12-7-10(8-15)13-14-12/h3-8H,2H2,1H3,(H,13,14). The highest BCUT2D eigenvalue weighted by atomic mass is 16.5. The van der Waals surface area contributed by atoms with E-state index in [0.717, 1.165) is 23.3 Å². The van der Waals surface area contributed by atoms with Crippen molar-refractivity contribution in [2.75, 3.05) is 6.61 Å². The number of rotatable bonds is 4. The van der Waals surface area contributed by atoms with E-state index in [-0.39, 0.29) is 0 Å². The zero-order chi connectivity index (χ0) is 11.4. The molecule has 0 atom stereocenters. The average Bonchev–Trinajstić information content (AvgIpc) is 2.79. The average molecular weight is 216 g/mol. The van der Waals surface area contributed by atoms with Crippen LogP contribution < -0.4 is 4.74 Å². The van der Waals surface area contributed by atoms with Gasteiger partial charge in [-0.1, -0.05) is 0 Å². The number of carbonyl (C=O) groups excluding carboxylic acids is 1. The highest BCUT2D eigenvalue weighted by Gasteiger charge is 2.03. The molecule has 1 aromatic carbocycles. The van der Waals surface area contributed by atoms with Gasteiger partial charge in [0.25, 0.3) is 0 Å². The van der Waals surface area contributed by atoms with Gasteiger partial charge < -0.3 is 4.74 Å². The Labute approximate surface area is 93.3 Å². The maximum Gasteiger partial charge on any atom is 0.167 e. The Bertz CT molecular complexity index is 474. The van der Waals surface area contributed by atoms with Gasteiger partial charge in [0.1, 0.15) is 5.75 Å². The molecule has 0 aliphatic heterocycles. The van der Waals surface area contributed by atoms with Crippen molar-refractivity contribution in [3.05, 3.63) is 36.0 Å². The number of hydrogen-bond acceptors (Lipinski definition) is 3. The Morgan fingerprint density at radius 1 is 1.38 bits per heavy atom. The number of benzene rings is 1. The maximum atomic E-state index is 10.5. The molecule has 2 aromatic rings. The van der Waals surface area contributed by atoms with Crippen LogP contribution in [0.15, 0.2) is 30.3 Å². The molecule has 16 heavy (non-hydrogen) atoms. The highest BCUT2D eigenvalue weighted by Crippen LogP contribution is 2.20. The summed E-state index contributed by atoms with van der Waals surface area (Å²) in [4.78, 5) is 10.5. The van der Waals surface area contributed by atoms with Crippen molar-refractivity contribution in [2.45, 2.75) is 6.92 Å². The Morgan fingerprint density at radius 3 is 2.69 bits per heavy atom. The summed E-state index contributed by atoms with van der Waals surface area (Å²) in [5, 5.41) is 6.68. The number of nitrogens with one attached hydrogen (secondary N) is 1. The van der Waals surface area contributed by atoms with Crippen LogP contribution in [0.1, 0.15) is 17.4 Å². The SMILES string of the molecule is CCOc1ccc(-c2cc(C=O)[nH]n2)cc1. The minimum absolute atomic E-state index is 0.476. The van der Waals surface area contributed by atoms with Gasteiger partial charge in [0, 0.05) is 5.56 Å². The second-order valence-corrected chi connectivity index (χ2v) is 3.28. The van der Waals surface area contributed by atoms with E-state index in [2.05, 4.69) is 10.2 Å².